The molecule has 4 heteroatoms. The minimum absolute atomic E-state index is 0.129. The zero-order valence-electron chi connectivity index (χ0n) is 6.36. The van der Waals surface area contributed by atoms with Gasteiger partial charge in [0, 0.05) is 17.3 Å². The van der Waals surface area contributed by atoms with Crippen molar-refractivity contribution in [2.75, 3.05) is 5.32 Å². The van der Waals surface area contributed by atoms with Crippen LogP contribution in [0.4, 0.5) is 15.8 Å². The zero-order chi connectivity index (χ0) is 8.72. The first-order valence-electron chi connectivity index (χ1n) is 3.61. The number of fused-ring (bicyclic) bond motifs is 1. The third kappa shape index (κ3) is 0.887. The van der Waals surface area contributed by atoms with Gasteiger partial charge in [0.05, 0.1) is 6.42 Å². The lowest BCUT2D eigenvalue weighted by molar-refractivity contribution is -0.258. The van der Waals surface area contributed by atoms with Gasteiger partial charge in [0.25, 0.3) is 0 Å². The van der Waals surface area contributed by atoms with E-state index >= 15 is 0 Å². The monoisotopic (exact) mass is 167 g/mol. The van der Waals surface area contributed by atoms with Crippen LogP contribution in [0.25, 0.3) is 0 Å². The lowest BCUT2D eigenvalue weighted by Crippen LogP contribution is -2.41. The van der Waals surface area contributed by atoms with Crippen LogP contribution in [0, 0.1) is 5.82 Å². The quantitative estimate of drug-likeness (QED) is 0.569. The highest BCUT2D eigenvalue weighted by Crippen LogP contribution is 2.27. The van der Waals surface area contributed by atoms with Crippen molar-refractivity contribution in [2.24, 2.45) is 0 Å². The molecule has 62 valence electrons. The molecule has 1 aromatic carbocycles. The van der Waals surface area contributed by atoms with Crippen molar-refractivity contribution < 1.29 is 14.9 Å². The molecule has 4 N–H and O–H groups in total. The smallest absolute Gasteiger partial charge is 0.229 e. The Morgan fingerprint density at radius 1 is 1.50 bits per heavy atom. The van der Waals surface area contributed by atoms with Crippen molar-refractivity contribution >= 4 is 17.3 Å². The van der Waals surface area contributed by atoms with Crippen LogP contribution in [0.1, 0.15) is 5.56 Å². The fourth-order valence-corrected chi connectivity index (χ4v) is 1.31. The molecule has 1 amide bonds. The van der Waals surface area contributed by atoms with Crippen LogP contribution >= 0.6 is 0 Å². The second-order valence-corrected chi connectivity index (χ2v) is 2.79. The molecule has 0 radical (unpaired) electrons. The Morgan fingerprint density at radius 3 is 3.00 bits per heavy atom. The number of nitrogens with one attached hydrogen (secondary N) is 1. The molecule has 1 aliphatic heterocycles. The molecule has 1 heterocycles. The molecule has 0 bridgehead atoms. The van der Waals surface area contributed by atoms with Crippen LogP contribution in [-0.4, -0.2) is 5.91 Å². The number of quaternary nitrogens is 1. The van der Waals surface area contributed by atoms with Gasteiger partial charge in [-0.3, -0.25) is 4.79 Å². The van der Waals surface area contributed by atoms with Gasteiger partial charge in [-0.15, -0.1) is 0 Å². The van der Waals surface area contributed by atoms with E-state index < -0.39 is 0 Å². The molecule has 0 aromatic heterocycles. The molecule has 2 rings (SSSR count). The number of amides is 1. The lowest BCUT2D eigenvalue weighted by Gasteiger charge is -1.98. The van der Waals surface area contributed by atoms with Crippen molar-refractivity contribution in [1.29, 1.82) is 0 Å². The SMILES string of the molecule is [NH3+]c1ccc2c(c1F)CC(=O)N2. The van der Waals surface area contributed by atoms with Crippen molar-refractivity contribution in [3.63, 3.8) is 0 Å². The van der Waals surface area contributed by atoms with Crippen LogP contribution in [0.5, 0.6) is 0 Å². The summed E-state index contributed by atoms with van der Waals surface area (Å²) in [4.78, 5) is 10.9. The van der Waals surface area contributed by atoms with Gasteiger partial charge in [-0.25, -0.2) is 0 Å². The summed E-state index contributed by atoms with van der Waals surface area (Å²) in [6, 6.07) is 3.23. The van der Waals surface area contributed by atoms with Gasteiger partial charge >= 0.3 is 0 Å². The number of anilines is 1. The first-order valence-corrected chi connectivity index (χ1v) is 3.61. The Labute approximate surface area is 68.4 Å². The van der Waals surface area contributed by atoms with E-state index in [0.717, 1.165) is 0 Å². The highest BCUT2D eigenvalue weighted by molar-refractivity contribution is 5.99. The van der Waals surface area contributed by atoms with E-state index in [2.05, 4.69) is 11.1 Å². The first kappa shape index (κ1) is 7.24. The standard InChI is InChI=1S/C8H7FN2O/c9-8-4-3-7(12)11-6(4)2-1-5(8)10/h1-2H,3,10H2,(H,11,12)/p+1. The second-order valence-electron chi connectivity index (χ2n) is 2.79. The molecular formula is C8H8FN2O+. The van der Waals surface area contributed by atoms with E-state index in [9.17, 15) is 9.18 Å². The van der Waals surface area contributed by atoms with Crippen LogP contribution < -0.4 is 11.1 Å². The molecule has 0 saturated heterocycles. The summed E-state index contributed by atoms with van der Waals surface area (Å²) < 4.78 is 13.2. The molecule has 1 aromatic rings. The third-order valence-electron chi connectivity index (χ3n) is 1.93. The minimum atomic E-state index is -0.370. The van der Waals surface area contributed by atoms with E-state index in [-0.39, 0.29) is 18.1 Å². The maximum absolute atomic E-state index is 13.2. The van der Waals surface area contributed by atoms with Crippen LogP contribution in [0.15, 0.2) is 12.1 Å². The van der Waals surface area contributed by atoms with E-state index in [1.807, 2.05) is 0 Å². The Morgan fingerprint density at radius 2 is 2.25 bits per heavy atom. The highest BCUT2D eigenvalue weighted by Gasteiger charge is 2.23. The van der Waals surface area contributed by atoms with Crippen molar-refractivity contribution in [3.8, 4) is 0 Å². The number of halogens is 1. The average Bonchev–Trinajstić information content (AvgIpc) is 2.39. The summed E-state index contributed by atoms with van der Waals surface area (Å²) in [5.41, 5.74) is 4.86. The number of carbonyl (C=O) groups excluding carboxylic acids is 1. The molecule has 12 heavy (non-hydrogen) atoms. The number of carbonyl (C=O) groups is 1. The maximum atomic E-state index is 13.2. The fraction of sp³-hybridized carbons (Fsp3) is 0.125. The normalized spacial score (nSPS) is 14.3. The van der Waals surface area contributed by atoms with Crippen molar-refractivity contribution in [3.05, 3.63) is 23.5 Å². The fourth-order valence-electron chi connectivity index (χ4n) is 1.31. The topological polar surface area (TPSA) is 56.7 Å². The van der Waals surface area contributed by atoms with E-state index in [4.69, 9.17) is 0 Å². The predicted octanol–water partition coefficient (Wildman–Crippen LogP) is 0.194. The van der Waals surface area contributed by atoms with Crippen molar-refractivity contribution in [2.45, 2.75) is 6.42 Å². The summed E-state index contributed by atoms with van der Waals surface area (Å²) in [5, 5.41) is 2.56. The van der Waals surface area contributed by atoms with Crippen LogP contribution in [0.3, 0.4) is 0 Å². The molecule has 3 nitrogen and oxygen atoms in total. The van der Waals surface area contributed by atoms with Crippen LogP contribution in [0.2, 0.25) is 0 Å². The largest absolute Gasteiger partial charge is 0.325 e. The van der Waals surface area contributed by atoms with E-state index in [1.54, 1.807) is 12.1 Å². The van der Waals surface area contributed by atoms with Gasteiger partial charge in [-0.2, -0.15) is 4.39 Å². The minimum Gasteiger partial charge on any atom is -0.325 e. The number of hydrogen-bond donors (Lipinski definition) is 2. The summed E-state index contributed by atoms with van der Waals surface area (Å²) in [6.07, 6.45) is 0.129. The highest BCUT2D eigenvalue weighted by atomic mass is 19.1. The molecule has 1 aliphatic rings. The molecule has 0 saturated carbocycles. The van der Waals surface area contributed by atoms with Crippen LogP contribution in [-0.2, 0) is 11.2 Å². The Kier molecular flexibility index (Phi) is 1.38. The zero-order valence-corrected chi connectivity index (χ0v) is 6.36. The molecule has 0 atom stereocenters. The molecule has 0 aliphatic carbocycles. The molecular weight excluding hydrogens is 159 g/mol. The summed E-state index contributed by atoms with van der Waals surface area (Å²) >= 11 is 0. The lowest BCUT2D eigenvalue weighted by atomic mass is 10.1. The van der Waals surface area contributed by atoms with E-state index in [1.165, 1.54) is 0 Å². The Balaban J connectivity index is 2.61. The maximum Gasteiger partial charge on any atom is 0.229 e. The Bertz CT molecular complexity index is 362. The first-order chi connectivity index (χ1) is 5.68. The number of rotatable bonds is 0. The molecule has 0 unspecified atom stereocenters. The summed E-state index contributed by atoms with van der Waals surface area (Å²) in [7, 11) is 0. The number of hydrogen-bond acceptors (Lipinski definition) is 1. The van der Waals surface area contributed by atoms with Gasteiger partial charge in [0.1, 0.15) is 0 Å². The van der Waals surface area contributed by atoms with Crippen molar-refractivity contribution in [1.82, 2.24) is 0 Å². The van der Waals surface area contributed by atoms with Gasteiger partial charge in [0.15, 0.2) is 11.5 Å². The van der Waals surface area contributed by atoms with Gasteiger partial charge in [0.2, 0.25) is 5.91 Å². The average molecular weight is 167 g/mol. The third-order valence-corrected chi connectivity index (χ3v) is 1.93. The van der Waals surface area contributed by atoms with Gasteiger partial charge < -0.3 is 11.1 Å². The van der Waals surface area contributed by atoms with E-state index in [0.29, 0.717) is 16.9 Å². The number of benzene rings is 1. The van der Waals surface area contributed by atoms with Gasteiger partial charge in [-0.05, 0) is 6.07 Å². The molecule has 0 spiro atoms. The predicted molar refractivity (Wildman–Crippen MR) is 41.3 cm³/mol. The summed E-state index contributed by atoms with van der Waals surface area (Å²) in [5.74, 6) is -0.527. The summed E-state index contributed by atoms with van der Waals surface area (Å²) in [6.45, 7) is 0. The second kappa shape index (κ2) is 2.28. The Hall–Kier alpha value is -1.42. The molecule has 0 fully saturated rings. The van der Waals surface area contributed by atoms with Gasteiger partial charge in [-0.1, -0.05) is 0 Å².